The van der Waals surface area contributed by atoms with Crippen molar-refractivity contribution >= 4 is 0 Å². The summed E-state index contributed by atoms with van der Waals surface area (Å²) < 4.78 is 6.05. The van der Waals surface area contributed by atoms with Crippen LogP contribution >= 0.6 is 0 Å². The molecule has 0 bridgehead atoms. The number of benzene rings is 2. The summed E-state index contributed by atoms with van der Waals surface area (Å²) in [6.45, 7) is 2.95. The Balaban J connectivity index is 1.77. The second-order valence-electron chi connectivity index (χ2n) is 5.13. The summed E-state index contributed by atoms with van der Waals surface area (Å²) in [5.74, 6) is 1.88. The zero-order valence-electron chi connectivity index (χ0n) is 11.2. The number of aryl methyl sites for hydroxylation is 1. The molecule has 0 aliphatic heterocycles. The Morgan fingerprint density at radius 3 is 2.42 bits per heavy atom. The predicted molar refractivity (Wildman–Crippen MR) is 77.6 cm³/mol. The van der Waals surface area contributed by atoms with Crippen molar-refractivity contribution in [3.8, 4) is 11.5 Å². The molecule has 0 saturated heterocycles. The van der Waals surface area contributed by atoms with Gasteiger partial charge in [0.15, 0.2) is 0 Å². The van der Waals surface area contributed by atoms with Gasteiger partial charge < -0.3 is 10.1 Å². The molecular weight excluding hydrogens is 234 g/mol. The van der Waals surface area contributed by atoms with Crippen LogP contribution in [0.15, 0.2) is 48.5 Å². The summed E-state index contributed by atoms with van der Waals surface area (Å²) in [5, 5.41) is 3.53. The Morgan fingerprint density at radius 1 is 1.00 bits per heavy atom. The Hall–Kier alpha value is -1.80. The van der Waals surface area contributed by atoms with Crippen molar-refractivity contribution in [3.05, 3.63) is 59.7 Å². The van der Waals surface area contributed by atoms with E-state index in [-0.39, 0.29) is 0 Å². The molecule has 3 rings (SSSR count). The Kier molecular flexibility index (Phi) is 3.51. The number of ether oxygens (including phenoxy) is 1. The minimum absolute atomic E-state index is 0.714. The van der Waals surface area contributed by atoms with Gasteiger partial charge in [0.2, 0.25) is 0 Å². The summed E-state index contributed by atoms with van der Waals surface area (Å²) in [6, 6.07) is 17.1. The van der Waals surface area contributed by atoms with Crippen molar-refractivity contribution in [3.63, 3.8) is 0 Å². The largest absolute Gasteiger partial charge is 0.457 e. The van der Waals surface area contributed by atoms with E-state index < -0.39 is 0 Å². The molecule has 1 saturated carbocycles. The van der Waals surface area contributed by atoms with Crippen molar-refractivity contribution in [1.82, 2.24) is 5.32 Å². The van der Waals surface area contributed by atoms with Crippen LogP contribution in [-0.4, -0.2) is 6.04 Å². The van der Waals surface area contributed by atoms with E-state index in [9.17, 15) is 0 Å². The van der Waals surface area contributed by atoms with Gasteiger partial charge in [-0.25, -0.2) is 0 Å². The first-order chi connectivity index (χ1) is 9.33. The van der Waals surface area contributed by atoms with Gasteiger partial charge in [-0.2, -0.15) is 0 Å². The topological polar surface area (TPSA) is 21.3 Å². The maximum absolute atomic E-state index is 6.05. The molecule has 0 unspecified atom stereocenters. The highest BCUT2D eigenvalue weighted by Gasteiger charge is 2.20. The van der Waals surface area contributed by atoms with Crippen LogP contribution in [0.2, 0.25) is 0 Å². The molecule has 0 radical (unpaired) electrons. The third-order valence-electron chi connectivity index (χ3n) is 3.44. The fourth-order valence-electron chi connectivity index (χ4n) is 2.08. The van der Waals surface area contributed by atoms with E-state index >= 15 is 0 Å². The van der Waals surface area contributed by atoms with Gasteiger partial charge in [0, 0.05) is 18.2 Å². The minimum atomic E-state index is 0.714. The molecule has 1 aliphatic carbocycles. The molecule has 0 spiro atoms. The van der Waals surface area contributed by atoms with Crippen LogP contribution in [0.3, 0.4) is 0 Å². The molecule has 0 amide bonds. The molecule has 0 atom stereocenters. The fraction of sp³-hybridized carbons (Fsp3) is 0.294. The van der Waals surface area contributed by atoms with Crippen molar-refractivity contribution in [1.29, 1.82) is 0 Å². The standard InChI is InChI=1S/C17H19NO/c1-13-6-2-4-8-16(13)19-17-9-5-3-7-14(17)12-18-15-10-11-15/h2-9,15,18H,10-12H2,1H3. The van der Waals surface area contributed by atoms with Gasteiger partial charge in [-0.15, -0.1) is 0 Å². The average Bonchev–Trinajstić information content (AvgIpc) is 3.24. The molecule has 98 valence electrons. The van der Waals surface area contributed by atoms with E-state index in [2.05, 4.69) is 30.4 Å². The highest BCUT2D eigenvalue weighted by molar-refractivity contribution is 5.40. The molecule has 2 aromatic rings. The predicted octanol–water partition coefficient (Wildman–Crippen LogP) is 4.04. The van der Waals surface area contributed by atoms with E-state index in [0.717, 1.165) is 23.6 Å². The molecular formula is C17H19NO. The number of hydrogen-bond acceptors (Lipinski definition) is 2. The Bertz CT molecular complexity index is 561. The molecule has 2 heteroatoms. The highest BCUT2D eigenvalue weighted by Crippen LogP contribution is 2.28. The van der Waals surface area contributed by atoms with Crippen LogP contribution < -0.4 is 10.1 Å². The first-order valence-corrected chi connectivity index (χ1v) is 6.88. The second-order valence-corrected chi connectivity index (χ2v) is 5.13. The first kappa shape index (κ1) is 12.2. The lowest BCUT2D eigenvalue weighted by atomic mass is 10.2. The molecule has 1 fully saturated rings. The SMILES string of the molecule is Cc1ccccc1Oc1ccccc1CNC1CC1. The fourth-order valence-corrected chi connectivity index (χ4v) is 2.08. The smallest absolute Gasteiger partial charge is 0.131 e. The lowest BCUT2D eigenvalue weighted by Crippen LogP contribution is -2.15. The van der Waals surface area contributed by atoms with Crippen LogP contribution in [0.5, 0.6) is 11.5 Å². The summed E-state index contributed by atoms with van der Waals surface area (Å²) in [5.41, 5.74) is 2.38. The summed E-state index contributed by atoms with van der Waals surface area (Å²) in [6.07, 6.45) is 2.61. The maximum atomic E-state index is 6.05. The minimum Gasteiger partial charge on any atom is -0.457 e. The number of para-hydroxylation sites is 2. The molecule has 19 heavy (non-hydrogen) atoms. The van der Waals surface area contributed by atoms with Crippen molar-refractivity contribution in [2.45, 2.75) is 32.4 Å². The third-order valence-corrected chi connectivity index (χ3v) is 3.44. The second kappa shape index (κ2) is 5.45. The van der Waals surface area contributed by atoms with E-state index in [1.54, 1.807) is 0 Å². The van der Waals surface area contributed by atoms with Crippen molar-refractivity contribution in [2.24, 2.45) is 0 Å². The maximum Gasteiger partial charge on any atom is 0.131 e. The summed E-state index contributed by atoms with van der Waals surface area (Å²) >= 11 is 0. The Morgan fingerprint density at radius 2 is 1.68 bits per heavy atom. The first-order valence-electron chi connectivity index (χ1n) is 6.88. The normalized spacial score (nSPS) is 14.4. The molecule has 0 heterocycles. The van der Waals surface area contributed by atoms with Gasteiger partial charge in [0.05, 0.1) is 0 Å². The van der Waals surface area contributed by atoms with Crippen LogP contribution in [-0.2, 0) is 6.54 Å². The van der Waals surface area contributed by atoms with E-state index in [1.807, 2.05) is 30.3 Å². The lowest BCUT2D eigenvalue weighted by Gasteiger charge is -2.13. The molecule has 1 aliphatic rings. The highest BCUT2D eigenvalue weighted by atomic mass is 16.5. The van der Waals surface area contributed by atoms with E-state index in [4.69, 9.17) is 4.74 Å². The number of nitrogens with one attached hydrogen (secondary N) is 1. The Labute approximate surface area is 114 Å². The van der Waals surface area contributed by atoms with Crippen LogP contribution in [0.1, 0.15) is 24.0 Å². The summed E-state index contributed by atoms with van der Waals surface area (Å²) in [4.78, 5) is 0. The van der Waals surface area contributed by atoms with E-state index in [0.29, 0.717) is 6.04 Å². The summed E-state index contributed by atoms with van der Waals surface area (Å²) in [7, 11) is 0. The van der Waals surface area contributed by atoms with Crippen molar-refractivity contribution < 1.29 is 4.74 Å². The zero-order valence-corrected chi connectivity index (χ0v) is 11.2. The van der Waals surface area contributed by atoms with Crippen molar-refractivity contribution in [2.75, 3.05) is 0 Å². The molecule has 0 aromatic heterocycles. The van der Waals surface area contributed by atoms with Crippen LogP contribution in [0.25, 0.3) is 0 Å². The van der Waals surface area contributed by atoms with Gasteiger partial charge in [-0.1, -0.05) is 36.4 Å². The molecule has 2 aromatic carbocycles. The number of rotatable bonds is 5. The third kappa shape index (κ3) is 3.15. The van der Waals surface area contributed by atoms with Gasteiger partial charge in [0.25, 0.3) is 0 Å². The monoisotopic (exact) mass is 253 g/mol. The zero-order chi connectivity index (χ0) is 13.1. The quantitative estimate of drug-likeness (QED) is 0.868. The molecule has 2 nitrogen and oxygen atoms in total. The van der Waals surface area contributed by atoms with Gasteiger partial charge in [-0.05, 0) is 37.5 Å². The number of hydrogen-bond donors (Lipinski definition) is 1. The van der Waals surface area contributed by atoms with Gasteiger partial charge in [-0.3, -0.25) is 0 Å². The lowest BCUT2D eigenvalue weighted by molar-refractivity contribution is 0.469. The molecule has 1 N–H and O–H groups in total. The van der Waals surface area contributed by atoms with E-state index in [1.165, 1.54) is 18.4 Å². The van der Waals surface area contributed by atoms with Gasteiger partial charge >= 0.3 is 0 Å². The van der Waals surface area contributed by atoms with Gasteiger partial charge in [0.1, 0.15) is 11.5 Å². The van der Waals surface area contributed by atoms with Crippen LogP contribution in [0, 0.1) is 6.92 Å². The average molecular weight is 253 g/mol. The van der Waals surface area contributed by atoms with Crippen LogP contribution in [0.4, 0.5) is 0 Å².